The standard InChI is InChI=1S/C13H11N3O3S/c14-5-1-2-9-7-15-13(20-9)16-12(19)10-4-3-8(17)6-11(10)18/h3-4,6-7,17-18H,5,14H2,(H,15,16,19). The zero-order chi connectivity index (χ0) is 14.5. The number of nitrogens with zero attached hydrogens (tertiary/aromatic N) is 1. The van der Waals surface area contributed by atoms with E-state index in [0.29, 0.717) is 10.0 Å². The van der Waals surface area contributed by atoms with Gasteiger partial charge in [0.1, 0.15) is 11.5 Å². The molecular formula is C13H11N3O3S. The molecule has 0 radical (unpaired) electrons. The molecule has 0 unspecified atom stereocenters. The number of carbonyl (C=O) groups is 1. The number of phenolic OH excluding ortho intramolecular Hbond substituents is 2. The van der Waals surface area contributed by atoms with Crippen LogP contribution in [0.15, 0.2) is 24.4 Å². The van der Waals surface area contributed by atoms with E-state index in [9.17, 15) is 9.90 Å². The highest BCUT2D eigenvalue weighted by Crippen LogP contribution is 2.24. The van der Waals surface area contributed by atoms with Crippen molar-refractivity contribution in [1.82, 2.24) is 4.98 Å². The van der Waals surface area contributed by atoms with E-state index in [0.717, 1.165) is 6.07 Å². The lowest BCUT2D eigenvalue weighted by Crippen LogP contribution is -2.11. The van der Waals surface area contributed by atoms with Crippen LogP contribution in [0.2, 0.25) is 0 Å². The number of nitrogens with one attached hydrogen (secondary N) is 1. The van der Waals surface area contributed by atoms with Crippen LogP contribution in [-0.2, 0) is 0 Å². The summed E-state index contributed by atoms with van der Waals surface area (Å²) >= 11 is 1.20. The molecule has 0 saturated heterocycles. The number of hydrogen-bond donors (Lipinski definition) is 4. The maximum atomic E-state index is 11.9. The number of aromatic nitrogens is 1. The Labute approximate surface area is 118 Å². The number of anilines is 1. The third-order valence-corrected chi connectivity index (χ3v) is 3.09. The minimum atomic E-state index is -0.518. The van der Waals surface area contributed by atoms with Crippen molar-refractivity contribution < 1.29 is 15.0 Å². The maximum Gasteiger partial charge on any atom is 0.261 e. The minimum Gasteiger partial charge on any atom is -0.508 e. The molecule has 1 aromatic heterocycles. The van der Waals surface area contributed by atoms with Crippen molar-refractivity contribution in [2.75, 3.05) is 11.9 Å². The number of nitrogens with two attached hydrogens (primary N) is 1. The number of hydrogen-bond acceptors (Lipinski definition) is 6. The molecule has 1 amide bonds. The Balaban J connectivity index is 2.13. The van der Waals surface area contributed by atoms with Crippen LogP contribution in [-0.4, -0.2) is 27.6 Å². The number of aromatic hydroxyl groups is 2. The molecule has 0 aliphatic rings. The van der Waals surface area contributed by atoms with Crippen LogP contribution in [0.3, 0.4) is 0 Å². The molecule has 1 aromatic carbocycles. The van der Waals surface area contributed by atoms with Gasteiger partial charge in [-0.15, -0.1) is 0 Å². The van der Waals surface area contributed by atoms with Crippen molar-refractivity contribution in [3.05, 3.63) is 34.8 Å². The fraction of sp³-hybridized carbons (Fsp3) is 0.0769. The second kappa shape index (κ2) is 6.06. The first kappa shape index (κ1) is 13.9. The third kappa shape index (κ3) is 3.26. The van der Waals surface area contributed by atoms with Crippen molar-refractivity contribution in [3.63, 3.8) is 0 Å². The molecule has 2 aromatic rings. The van der Waals surface area contributed by atoms with E-state index in [1.807, 2.05) is 0 Å². The van der Waals surface area contributed by atoms with Crippen molar-refractivity contribution in [3.8, 4) is 23.3 Å². The quantitative estimate of drug-likeness (QED) is 0.619. The van der Waals surface area contributed by atoms with E-state index in [1.54, 1.807) is 0 Å². The summed E-state index contributed by atoms with van der Waals surface area (Å²) in [6, 6.07) is 3.73. The Kier molecular flexibility index (Phi) is 4.20. The Morgan fingerprint density at radius 2 is 2.25 bits per heavy atom. The number of thiazole rings is 1. The first-order valence-electron chi connectivity index (χ1n) is 5.58. The second-order valence-corrected chi connectivity index (χ2v) is 4.72. The largest absolute Gasteiger partial charge is 0.508 e. The number of benzene rings is 1. The number of carbonyl (C=O) groups excluding carboxylic acids is 1. The highest BCUT2D eigenvalue weighted by molar-refractivity contribution is 7.16. The lowest BCUT2D eigenvalue weighted by atomic mass is 10.2. The van der Waals surface area contributed by atoms with Gasteiger partial charge in [0.2, 0.25) is 0 Å². The summed E-state index contributed by atoms with van der Waals surface area (Å²) in [4.78, 5) is 16.6. The van der Waals surface area contributed by atoms with Crippen molar-refractivity contribution >= 4 is 22.4 Å². The van der Waals surface area contributed by atoms with Crippen molar-refractivity contribution in [1.29, 1.82) is 0 Å². The van der Waals surface area contributed by atoms with Gasteiger partial charge in [-0.05, 0) is 12.1 Å². The summed E-state index contributed by atoms with van der Waals surface area (Å²) in [6.45, 7) is 0.251. The predicted molar refractivity (Wildman–Crippen MR) is 75.8 cm³/mol. The zero-order valence-corrected chi connectivity index (χ0v) is 11.1. The first-order chi connectivity index (χ1) is 9.60. The van der Waals surface area contributed by atoms with Crippen LogP contribution >= 0.6 is 11.3 Å². The molecular weight excluding hydrogens is 278 g/mol. The monoisotopic (exact) mass is 289 g/mol. The predicted octanol–water partition coefficient (Wildman–Crippen LogP) is 1.12. The van der Waals surface area contributed by atoms with E-state index in [2.05, 4.69) is 22.1 Å². The molecule has 2 rings (SSSR count). The molecule has 0 aliphatic heterocycles. The third-order valence-electron chi connectivity index (χ3n) is 2.27. The van der Waals surface area contributed by atoms with Gasteiger partial charge in [0, 0.05) is 6.07 Å². The molecule has 0 atom stereocenters. The molecule has 0 fully saturated rings. The summed E-state index contributed by atoms with van der Waals surface area (Å²) in [5.74, 6) is 4.55. The lowest BCUT2D eigenvalue weighted by Gasteiger charge is -2.04. The Morgan fingerprint density at radius 1 is 1.45 bits per heavy atom. The Bertz CT molecular complexity index is 700. The first-order valence-corrected chi connectivity index (χ1v) is 6.40. The second-order valence-electron chi connectivity index (χ2n) is 3.69. The Morgan fingerprint density at radius 3 is 2.95 bits per heavy atom. The van der Waals surface area contributed by atoms with Gasteiger partial charge in [-0.2, -0.15) is 0 Å². The van der Waals surface area contributed by atoms with E-state index in [1.165, 1.54) is 29.7 Å². The van der Waals surface area contributed by atoms with Gasteiger partial charge in [0.05, 0.1) is 23.2 Å². The van der Waals surface area contributed by atoms with E-state index in [-0.39, 0.29) is 23.6 Å². The van der Waals surface area contributed by atoms with E-state index >= 15 is 0 Å². The number of phenols is 2. The molecule has 0 spiro atoms. The average Bonchev–Trinajstić information content (AvgIpc) is 2.83. The van der Waals surface area contributed by atoms with Gasteiger partial charge in [0.15, 0.2) is 5.13 Å². The van der Waals surface area contributed by atoms with Crippen LogP contribution < -0.4 is 11.1 Å². The summed E-state index contributed by atoms with van der Waals surface area (Å²) < 4.78 is 0. The van der Waals surface area contributed by atoms with Gasteiger partial charge in [-0.3, -0.25) is 10.1 Å². The van der Waals surface area contributed by atoms with Gasteiger partial charge in [-0.1, -0.05) is 23.2 Å². The van der Waals surface area contributed by atoms with Crippen LogP contribution in [0.5, 0.6) is 11.5 Å². The summed E-state index contributed by atoms with van der Waals surface area (Å²) in [6.07, 6.45) is 1.53. The van der Waals surface area contributed by atoms with Crippen molar-refractivity contribution in [2.24, 2.45) is 5.73 Å². The maximum absolute atomic E-state index is 11.9. The van der Waals surface area contributed by atoms with Crippen LogP contribution in [0, 0.1) is 11.8 Å². The van der Waals surface area contributed by atoms with Crippen LogP contribution in [0.4, 0.5) is 5.13 Å². The summed E-state index contributed by atoms with van der Waals surface area (Å²) in [5, 5.41) is 21.7. The summed E-state index contributed by atoms with van der Waals surface area (Å²) in [5.41, 5.74) is 5.31. The van der Waals surface area contributed by atoms with Gasteiger partial charge in [-0.25, -0.2) is 4.98 Å². The fourth-order valence-corrected chi connectivity index (χ4v) is 2.09. The fourth-order valence-electron chi connectivity index (χ4n) is 1.40. The Hall–Kier alpha value is -2.56. The molecule has 7 heteroatoms. The number of amides is 1. The topological polar surface area (TPSA) is 108 Å². The van der Waals surface area contributed by atoms with Crippen molar-refractivity contribution in [2.45, 2.75) is 0 Å². The summed E-state index contributed by atoms with van der Waals surface area (Å²) in [7, 11) is 0. The van der Waals surface area contributed by atoms with Crippen LogP contribution in [0.25, 0.3) is 0 Å². The highest BCUT2D eigenvalue weighted by Gasteiger charge is 2.13. The highest BCUT2D eigenvalue weighted by atomic mass is 32.1. The molecule has 1 heterocycles. The minimum absolute atomic E-state index is 0.0487. The zero-order valence-electron chi connectivity index (χ0n) is 10.3. The van der Waals surface area contributed by atoms with Gasteiger partial charge in [0.25, 0.3) is 5.91 Å². The van der Waals surface area contributed by atoms with Gasteiger partial charge >= 0.3 is 0 Å². The molecule has 0 bridgehead atoms. The molecule has 0 aliphatic carbocycles. The van der Waals surface area contributed by atoms with Gasteiger partial charge < -0.3 is 15.9 Å². The van der Waals surface area contributed by atoms with E-state index < -0.39 is 5.91 Å². The lowest BCUT2D eigenvalue weighted by molar-refractivity contribution is 0.102. The average molecular weight is 289 g/mol. The molecule has 0 saturated carbocycles. The molecule has 102 valence electrons. The SMILES string of the molecule is NCC#Cc1cnc(NC(=O)c2ccc(O)cc2O)s1. The number of rotatable bonds is 2. The van der Waals surface area contributed by atoms with Crippen LogP contribution in [0.1, 0.15) is 15.2 Å². The molecule has 5 N–H and O–H groups in total. The van der Waals surface area contributed by atoms with E-state index in [4.69, 9.17) is 10.8 Å². The smallest absolute Gasteiger partial charge is 0.261 e. The molecule has 20 heavy (non-hydrogen) atoms. The molecule has 6 nitrogen and oxygen atoms in total. The normalized spacial score (nSPS) is 9.65.